The summed E-state index contributed by atoms with van der Waals surface area (Å²) in [5.74, 6) is -1.45. The number of hydrogen-bond donors (Lipinski definition) is 1. The molecule has 1 aromatic heterocycles. The summed E-state index contributed by atoms with van der Waals surface area (Å²) in [6.07, 6.45) is 1.08. The number of anilines is 2. The summed E-state index contributed by atoms with van der Waals surface area (Å²) >= 11 is 0. The molecule has 0 spiro atoms. The molecule has 3 aromatic carbocycles. The molecule has 0 amide bonds. The van der Waals surface area contributed by atoms with Crippen LogP contribution in [0.15, 0.2) is 65.7 Å². The Morgan fingerprint density at radius 2 is 1.81 bits per heavy atom. The van der Waals surface area contributed by atoms with Crippen LogP contribution in [-0.4, -0.2) is 60.9 Å². The van der Waals surface area contributed by atoms with Crippen molar-refractivity contribution < 1.29 is 26.7 Å². The molecular formula is C29H24F2N6O5S. The fourth-order valence-electron chi connectivity index (χ4n) is 5.06. The number of aromatic nitrogens is 2. The van der Waals surface area contributed by atoms with E-state index in [1.807, 2.05) is 17.0 Å². The Labute approximate surface area is 244 Å². The highest BCUT2D eigenvalue weighted by atomic mass is 32.2. The number of hydrogen-bond acceptors (Lipinski definition) is 8. The third-order valence-electron chi connectivity index (χ3n) is 7.44. The standard InChI is InChI=1S/C29H24F2N6O5S/c30-19-9-10-36(15-19)43(40,41)34-27-8-6-25(31)28(24(27)12-32)42-22-5-7-26-23(11-22)29(39)37(17-33-26)21-3-1-20(2-4-21)35-13-18(14-35)16-38/h1-8,11,16-19,34H,9-10,13-15H2/t19-/m1/s1. The van der Waals surface area contributed by atoms with Crippen molar-refractivity contribution in [3.8, 4) is 23.3 Å². The van der Waals surface area contributed by atoms with Gasteiger partial charge in [-0.25, -0.2) is 13.8 Å². The van der Waals surface area contributed by atoms with Crippen molar-refractivity contribution in [3.05, 3.63) is 82.7 Å². The molecule has 6 rings (SSSR count). The van der Waals surface area contributed by atoms with E-state index in [0.29, 0.717) is 24.3 Å². The number of carbonyl (C=O) groups is 1. The fourth-order valence-corrected chi connectivity index (χ4v) is 6.34. The number of ether oxygens (including phenoxy) is 1. The summed E-state index contributed by atoms with van der Waals surface area (Å²) < 4.78 is 64.2. The normalized spacial score (nSPS) is 17.4. The Morgan fingerprint density at radius 1 is 1.07 bits per heavy atom. The van der Waals surface area contributed by atoms with Crippen molar-refractivity contribution in [1.82, 2.24) is 13.9 Å². The number of carbonyl (C=O) groups excluding carboxylic acids is 1. The van der Waals surface area contributed by atoms with Crippen LogP contribution in [-0.2, 0) is 15.0 Å². The number of nitrogens with one attached hydrogen (secondary N) is 1. The Bertz CT molecular complexity index is 1940. The minimum Gasteiger partial charge on any atom is -0.453 e. The first-order valence-electron chi connectivity index (χ1n) is 13.3. The number of nitriles is 1. The van der Waals surface area contributed by atoms with Gasteiger partial charge in [-0.3, -0.25) is 14.1 Å². The second-order valence-electron chi connectivity index (χ2n) is 10.3. The Balaban J connectivity index is 1.29. The molecule has 14 heteroatoms. The smallest absolute Gasteiger partial charge is 0.301 e. The Morgan fingerprint density at radius 3 is 2.49 bits per heavy atom. The topological polar surface area (TPSA) is 138 Å². The van der Waals surface area contributed by atoms with Gasteiger partial charge in [-0.1, -0.05) is 0 Å². The lowest BCUT2D eigenvalue weighted by atomic mass is 10.0. The maximum absolute atomic E-state index is 14.9. The molecule has 3 heterocycles. The van der Waals surface area contributed by atoms with E-state index in [2.05, 4.69) is 9.71 Å². The van der Waals surface area contributed by atoms with E-state index >= 15 is 0 Å². The number of benzene rings is 3. The van der Waals surface area contributed by atoms with Gasteiger partial charge >= 0.3 is 10.2 Å². The van der Waals surface area contributed by atoms with Crippen LogP contribution in [0, 0.1) is 23.1 Å². The molecule has 0 saturated carbocycles. The highest BCUT2D eigenvalue weighted by molar-refractivity contribution is 7.90. The molecule has 0 aliphatic carbocycles. The molecule has 11 nitrogen and oxygen atoms in total. The van der Waals surface area contributed by atoms with Gasteiger partial charge in [-0.05, 0) is 61.0 Å². The summed E-state index contributed by atoms with van der Waals surface area (Å²) in [5, 5.41) is 9.95. The zero-order valence-corrected chi connectivity index (χ0v) is 23.3. The average molecular weight is 607 g/mol. The van der Waals surface area contributed by atoms with Gasteiger partial charge in [0.15, 0.2) is 11.6 Å². The molecule has 4 aromatic rings. The average Bonchev–Trinajstić information content (AvgIpc) is 3.42. The number of alkyl halides is 1. The molecule has 2 fully saturated rings. The van der Waals surface area contributed by atoms with Crippen LogP contribution < -0.4 is 19.9 Å². The van der Waals surface area contributed by atoms with Crippen molar-refractivity contribution >= 4 is 38.8 Å². The predicted molar refractivity (Wildman–Crippen MR) is 154 cm³/mol. The highest BCUT2D eigenvalue weighted by Gasteiger charge is 2.32. The van der Waals surface area contributed by atoms with Gasteiger partial charge in [-0.15, -0.1) is 0 Å². The molecule has 2 aliphatic heterocycles. The van der Waals surface area contributed by atoms with Gasteiger partial charge < -0.3 is 14.4 Å². The lowest BCUT2D eigenvalue weighted by Crippen LogP contribution is -2.47. The molecule has 220 valence electrons. The Hall–Kier alpha value is -4.87. The molecule has 0 unspecified atom stereocenters. The molecule has 1 atom stereocenters. The van der Waals surface area contributed by atoms with Gasteiger partial charge in [0.2, 0.25) is 0 Å². The Kier molecular flexibility index (Phi) is 7.28. The molecular weight excluding hydrogens is 582 g/mol. The van der Waals surface area contributed by atoms with Crippen LogP contribution in [0.2, 0.25) is 0 Å². The number of fused-ring (bicyclic) bond motifs is 1. The minimum atomic E-state index is -4.21. The van der Waals surface area contributed by atoms with E-state index in [1.54, 1.807) is 18.2 Å². The first-order valence-corrected chi connectivity index (χ1v) is 14.8. The molecule has 0 bridgehead atoms. The van der Waals surface area contributed by atoms with Crippen molar-refractivity contribution in [1.29, 1.82) is 5.26 Å². The summed E-state index contributed by atoms with van der Waals surface area (Å²) in [5.41, 5.74) is 0.736. The van der Waals surface area contributed by atoms with Crippen LogP contribution >= 0.6 is 0 Å². The lowest BCUT2D eigenvalue weighted by molar-refractivity contribution is -0.111. The van der Waals surface area contributed by atoms with Crippen molar-refractivity contribution in [2.24, 2.45) is 5.92 Å². The minimum absolute atomic E-state index is 0.0113. The van der Waals surface area contributed by atoms with Gasteiger partial charge in [0.05, 0.1) is 22.3 Å². The third kappa shape index (κ3) is 5.40. The van der Waals surface area contributed by atoms with Gasteiger partial charge in [0.1, 0.15) is 36.2 Å². The summed E-state index contributed by atoms with van der Waals surface area (Å²) in [6.45, 7) is 0.929. The summed E-state index contributed by atoms with van der Waals surface area (Å²) in [7, 11) is -4.21. The van der Waals surface area contributed by atoms with Crippen molar-refractivity contribution in [2.45, 2.75) is 12.6 Å². The highest BCUT2D eigenvalue weighted by Crippen LogP contribution is 2.35. The molecule has 1 N–H and O–H groups in total. The maximum atomic E-state index is 14.9. The van der Waals surface area contributed by atoms with E-state index in [4.69, 9.17) is 4.74 Å². The third-order valence-corrected chi connectivity index (χ3v) is 8.93. The van der Waals surface area contributed by atoms with Crippen molar-refractivity contribution in [2.75, 3.05) is 35.8 Å². The molecule has 2 saturated heterocycles. The lowest BCUT2D eigenvalue weighted by Gasteiger charge is -2.38. The van der Waals surface area contributed by atoms with E-state index in [1.165, 1.54) is 29.1 Å². The fraction of sp³-hybridized carbons (Fsp3) is 0.241. The van der Waals surface area contributed by atoms with Crippen LogP contribution in [0.4, 0.5) is 20.2 Å². The van der Waals surface area contributed by atoms with Crippen LogP contribution in [0.25, 0.3) is 16.6 Å². The van der Waals surface area contributed by atoms with Gasteiger partial charge in [-0.2, -0.15) is 18.0 Å². The first-order chi connectivity index (χ1) is 20.7. The second-order valence-corrected chi connectivity index (χ2v) is 12.0. The number of halogens is 2. The van der Waals surface area contributed by atoms with Crippen LogP contribution in [0.1, 0.15) is 12.0 Å². The van der Waals surface area contributed by atoms with Gasteiger partial charge in [0, 0.05) is 37.8 Å². The van der Waals surface area contributed by atoms with Crippen LogP contribution in [0.5, 0.6) is 11.5 Å². The van der Waals surface area contributed by atoms with E-state index in [-0.39, 0.29) is 42.3 Å². The van der Waals surface area contributed by atoms with E-state index in [9.17, 15) is 32.0 Å². The van der Waals surface area contributed by atoms with Gasteiger partial charge in [0.25, 0.3) is 5.56 Å². The number of nitrogens with zero attached hydrogens (tertiary/aromatic N) is 5. The van der Waals surface area contributed by atoms with Crippen molar-refractivity contribution in [3.63, 3.8) is 0 Å². The SMILES string of the molecule is N#Cc1c(NS(=O)(=O)N2CC[C@@H](F)C2)ccc(F)c1Oc1ccc2ncn(-c3ccc(N4CC(C=O)C4)cc3)c(=O)c2c1. The molecule has 43 heavy (non-hydrogen) atoms. The first kappa shape index (κ1) is 28.3. The maximum Gasteiger partial charge on any atom is 0.301 e. The quantitative estimate of drug-likeness (QED) is 0.301. The predicted octanol–water partition coefficient (Wildman–Crippen LogP) is 3.52. The van der Waals surface area contributed by atoms with E-state index < -0.39 is 39.1 Å². The number of rotatable bonds is 8. The summed E-state index contributed by atoms with van der Waals surface area (Å²) in [6, 6.07) is 15.3. The number of aldehydes is 1. The largest absolute Gasteiger partial charge is 0.453 e. The molecule has 2 aliphatic rings. The zero-order chi connectivity index (χ0) is 30.3. The zero-order valence-electron chi connectivity index (χ0n) is 22.5. The van der Waals surface area contributed by atoms with Crippen LogP contribution in [0.3, 0.4) is 0 Å². The van der Waals surface area contributed by atoms with E-state index in [0.717, 1.165) is 28.4 Å². The molecule has 0 radical (unpaired) electrons. The second kappa shape index (κ2) is 11.1. The summed E-state index contributed by atoms with van der Waals surface area (Å²) in [4.78, 5) is 30.7. The monoisotopic (exact) mass is 606 g/mol.